The molecule has 1 rings (SSSR count). The summed E-state index contributed by atoms with van der Waals surface area (Å²) in [4.78, 5) is 21.4. The van der Waals surface area contributed by atoms with Gasteiger partial charge in [-0.25, -0.2) is 4.79 Å². The molecule has 1 fully saturated rings. The molecule has 4 nitrogen and oxygen atoms in total. The van der Waals surface area contributed by atoms with Crippen LogP contribution in [0.2, 0.25) is 0 Å². The third kappa shape index (κ3) is 1.34. The van der Waals surface area contributed by atoms with Crippen molar-refractivity contribution in [3.8, 4) is 0 Å². The van der Waals surface area contributed by atoms with Crippen LogP contribution < -0.4 is 0 Å². The predicted molar refractivity (Wildman–Crippen MR) is 35.7 cm³/mol. The highest BCUT2D eigenvalue weighted by Crippen LogP contribution is 2.28. The SMILES string of the molecule is CCOC(=O)[C@]1(C)CC(=O)O1. The summed E-state index contributed by atoms with van der Waals surface area (Å²) >= 11 is 0. The fourth-order valence-electron chi connectivity index (χ4n) is 0.916. The smallest absolute Gasteiger partial charge is 0.350 e. The summed E-state index contributed by atoms with van der Waals surface area (Å²) < 4.78 is 9.31. The lowest BCUT2D eigenvalue weighted by Gasteiger charge is -2.34. The van der Waals surface area contributed by atoms with Crippen molar-refractivity contribution in [2.75, 3.05) is 6.61 Å². The first kappa shape index (κ1) is 8.04. The Labute approximate surface area is 64.5 Å². The second kappa shape index (κ2) is 2.53. The van der Waals surface area contributed by atoms with Crippen molar-refractivity contribution in [1.82, 2.24) is 0 Å². The maximum absolute atomic E-state index is 11.0. The van der Waals surface area contributed by atoms with Crippen molar-refractivity contribution >= 4 is 11.9 Å². The molecule has 0 unspecified atom stereocenters. The summed E-state index contributed by atoms with van der Waals surface area (Å²) in [5.41, 5.74) is -1.01. The number of esters is 2. The first-order chi connectivity index (χ1) is 5.08. The highest BCUT2D eigenvalue weighted by atomic mass is 16.6. The van der Waals surface area contributed by atoms with Crippen LogP contribution in [0.4, 0.5) is 0 Å². The van der Waals surface area contributed by atoms with Gasteiger partial charge >= 0.3 is 11.9 Å². The summed E-state index contributed by atoms with van der Waals surface area (Å²) in [6.45, 7) is 3.57. The summed E-state index contributed by atoms with van der Waals surface area (Å²) in [6, 6.07) is 0. The molecule has 0 spiro atoms. The average Bonchev–Trinajstić information content (AvgIpc) is 1.85. The highest BCUT2D eigenvalue weighted by molar-refractivity contribution is 5.93. The lowest BCUT2D eigenvalue weighted by atomic mass is 9.97. The standard InChI is InChI=1S/C7H10O4/c1-3-10-6(9)7(2)4-5(8)11-7/h3-4H2,1-2H3/t7-/m0/s1. The molecule has 0 aromatic rings. The highest BCUT2D eigenvalue weighted by Gasteiger charge is 2.49. The largest absolute Gasteiger partial charge is 0.463 e. The Balaban J connectivity index is 2.47. The molecule has 0 saturated carbocycles. The molecule has 0 N–H and O–H groups in total. The third-order valence-corrected chi connectivity index (χ3v) is 1.53. The van der Waals surface area contributed by atoms with Crippen LogP contribution in [-0.4, -0.2) is 24.1 Å². The van der Waals surface area contributed by atoms with Crippen molar-refractivity contribution in [1.29, 1.82) is 0 Å². The Morgan fingerprint density at radius 2 is 2.36 bits per heavy atom. The number of hydrogen-bond acceptors (Lipinski definition) is 4. The van der Waals surface area contributed by atoms with Crippen LogP contribution in [0.1, 0.15) is 20.3 Å². The molecule has 0 bridgehead atoms. The summed E-state index contributed by atoms with van der Waals surface area (Å²) in [5, 5.41) is 0. The number of hydrogen-bond donors (Lipinski definition) is 0. The van der Waals surface area contributed by atoms with Gasteiger partial charge in [-0.3, -0.25) is 4.79 Å². The zero-order valence-electron chi connectivity index (χ0n) is 6.55. The van der Waals surface area contributed by atoms with Crippen LogP contribution >= 0.6 is 0 Å². The number of cyclic esters (lactones) is 1. The van der Waals surface area contributed by atoms with E-state index in [1.807, 2.05) is 0 Å². The van der Waals surface area contributed by atoms with Gasteiger partial charge in [-0.05, 0) is 13.8 Å². The molecule has 0 aliphatic carbocycles. The van der Waals surface area contributed by atoms with Crippen LogP contribution in [-0.2, 0) is 19.1 Å². The molecule has 1 saturated heterocycles. The maximum atomic E-state index is 11.0. The topological polar surface area (TPSA) is 52.6 Å². The van der Waals surface area contributed by atoms with Crippen molar-refractivity contribution in [3.63, 3.8) is 0 Å². The molecule has 1 aliphatic rings. The fraction of sp³-hybridized carbons (Fsp3) is 0.714. The van der Waals surface area contributed by atoms with Crippen LogP contribution in [0.15, 0.2) is 0 Å². The van der Waals surface area contributed by atoms with E-state index in [2.05, 4.69) is 9.47 Å². The van der Waals surface area contributed by atoms with E-state index in [-0.39, 0.29) is 12.4 Å². The van der Waals surface area contributed by atoms with Crippen LogP contribution in [0.5, 0.6) is 0 Å². The van der Waals surface area contributed by atoms with E-state index in [9.17, 15) is 9.59 Å². The Kier molecular flexibility index (Phi) is 1.85. The van der Waals surface area contributed by atoms with Crippen molar-refractivity contribution in [2.24, 2.45) is 0 Å². The molecule has 0 radical (unpaired) electrons. The van der Waals surface area contributed by atoms with Gasteiger partial charge in [-0.15, -0.1) is 0 Å². The average molecular weight is 158 g/mol. The lowest BCUT2D eigenvalue weighted by Crippen LogP contribution is -2.52. The van der Waals surface area contributed by atoms with Crippen molar-refractivity contribution in [3.05, 3.63) is 0 Å². The minimum Gasteiger partial charge on any atom is -0.463 e. The molecule has 1 heterocycles. The molecule has 4 heteroatoms. The molecule has 1 aliphatic heterocycles. The van der Waals surface area contributed by atoms with Gasteiger partial charge in [0.25, 0.3) is 0 Å². The Morgan fingerprint density at radius 1 is 1.82 bits per heavy atom. The van der Waals surface area contributed by atoms with Gasteiger partial charge in [0.15, 0.2) is 0 Å². The number of ether oxygens (including phenoxy) is 2. The lowest BCUT2D eigenvalue weighted by molar-refractivity contribution is -0.204. The Hall–Kier alpha value is -1.06. The number of rotatable bonds is 2. The number of carbonyl (C=O) groups excluding carboxylic acids is 2. The minimum absolute atomic E-state index is 0.131. The number of carbonyl (C=O) groups is 2. The second-order valence-electron chi connectivity index (χ2n) is 2.60. The maximum Gasteiger partial charge on any atom is 0.350 e. The van der Waals surface area contributed by atoms with Gasteiger partial charge in [-0.1, -0.05) is 0 Å². The molecule has 62 valence electrons. The monoisotopic (exact) mass is 158 g/mol. The van der Waals surface area contributed by atoms with Crippen LogP contribution in [0, 0.1) is 0 Å². The van der Waals surface area contributed by atoms with E-state index in [1.165, 1.54) is 0 Å². The third-order valence-electron chi connectivity index (χ3n) is 1.53. The molecule has 11 heavy (non-hydrogen) atoms. The van der Waals surface area contributed by atoms with E-state index >= 15 is 0 Å². The van der Waals surface area contributed by atoms with E-state index in [0.29, 0.717) is 6.61 Å². The molecule has 1 atom stereocenters. The molecule has 0 aromatic carbocycles. The van der Waals surface area contributed by atoms with Gasteiger partial charge in [0.05, 0.1) is 13.0 Å². The minimum atomic E-state index is -1.01. The molecule has 0 aromatic heterocycles. The normalized spacial score (nSPS) is 28.7. The van der Waals surface area contributed by atoms with Crippen LogP contribution in [0.3, 0.4) is 0 Å². The van der Waals surface area contributed by atoms with Gasteiger partial charge in [-0.2, -0.15) is 0 Å². The Bertz CT molecular complexity index is 189. The zero-order valence-corrected chi connectivity index (χ0v) is 6.55. The van der Waals surface area contributed by atoms with Gasteiger partial charge < -0.3 is 9.47 Å². The van der Waals surface area contributed by atoms with E-state index in [0.717, 1.165) is 0 Å². The van der Waals surface area contributed by atoms with E-state index in [4.69, 9.17) is 0 Å². The molecule has 0 amide bonds. The van der Waals surface area contributed by atoms with Crippen molar-refractivity contribution in [2.45, 2.75) is 25.9 Å². The van der Waals surface area contributed by atoms with Gasteiger partial charge in [0, 0.05) is 0 Å². The van der Waals surface area contributed by atoms with Crippen LogP contribution in [0.25, 0.3) is 0 Å². The van der Waals surface area contributed by atoms with E-state index in [1.54, 1.807) is 13.8 Å². The van der Waals surface area contributed by atoms with E-state index < -0.39 is 11.6 Å². The molecular formula is C7H10O4. The van der Waals surface area contributed by atoms with Crippen molar-refractivity contribution < 1.29 is 19.1 Å². The Morgan fingerprint density at radius 3 is 2.73 bits per heavy atom. The first-order valence-corrected chi connectivity index (χ1v) is 3.47. The summed E-state index contributed by atoms with van der Waals surface area (Å²) in [5.74, 6) is -0.805. The first-order valence-electron chi connectivity index (χ1n) is 3.47. The second-order valence-corrected chi connectivity index (χ2v) is 2.60. The summed E-state index contributed by atoms with van der Waals surface area (Å²) in [7, 11) is 0. The van der Waals surface area contributed by atoms with Gasteiger partial charge in [0.2, 0.25) is 5.60 Å². The fourth-order valence-corrected chi connectivity index (χ4v) is 0.916. The van der Waals surface area contributed by atoms with Gasteiger partial charge in [0.1, 0.15) is 0 Å². The predicted octanol–water partition coefficient (Wildman–Crippen LogP) is 0.255. The zero-order chi connectivity index (χ0) is 8.48. The molecular weight excluding hydrogens is 148 g/mol. The summed E-state index contributed by atoms with van der Waals surface area (Å²) in [6.07, 6.45) is 0.131. The quantitative estimate of drug-likeness (QED) is 0.541.